The summed E-state index contributed by atoms with van der Waals surface area (Å²) in [6.45, 7) is 1.81. The van der Waals surface area contributed by atoms with E-state index >= 15 is 0 Å². The van der Waals surface area contributed by atoms with Crippen LogP contribution in [-0.4, -0.2) is 49.5 Å². The zero-order valence-electron chi connectivity index (χ0n) is 10.8. The van der Waals surface area contributed by atoms with Gasteiger partial charge in [0.25, 0.3) is 0 Å². The standard InChI is InChI=1S/C12H17N3O4/c1-17-4-5-19-12(16)15-2-3-18-11-9(8-15)6-10(13)7-14-11/h6-7H,2-5,8,13H2,1H3. The second-order valence-corrected chi connectivity index (χ2v) is 4.11. The molecule has 104 valence electrons. The fraction of sp³-hybridized carbons (Fsp3) is 0.500. The number of carbonyl (C=O) groups excluding carboxylic acids is 1. The van der Waals surface area contributed by atoms with Crippen molar-refractivity contribution >= 4 is 11.8 Å². The first kappa shape index (κ1) is 13.4. The summed E-state index contributed by atoms with van der Waals surface area (Å²) >= 11 is 0. The molecule has 1 aliphatic heterocycles. The summed E-state index contributed by atoms with van der Waals surface area (Å²) < 4.78 is 15.4. The zero-order valence-corrected chi connectivity index (χ0v) is 10.8. The van der Waals surface area contributed by atoms with E-state index < -0.39 is 6.09 Å². The normalized spacial score (nSPS) is 14.3. The molecule has 2 N–H and O–H groups in total. The monoisotopic (exact) mass is 267 g/mol. The van der Waals surface area contributed by atoms with Crippen LogP contribution >= 0.6 is 0 Å². The fourth-order valence-electron chi connectivity index (χ4n) is 1.76. The van der Waals surface area contributed by atoms with Crippen molar-refractivity contribution in [2.75, 3.05) is 39.2 Å². The molecular weight excluding hydrogens is 250 g/mol. The van der Waals surface area contributed by atoms with Crippen molar-refractivity contribution in [1.82, 2.24) is 9.88 Å². The van der Waals surface area contributed by atoms with Gasteiger partial charge in [-0.3, -0.25) is 0 Å². The molecule has 0 unspecified atom stereocenters. The molecule has 1 aromatic rings. The number of fused-ring (bicyclic) bond motifs is 1. The predicted octanol–water partition coefficient (Wildman–Crippen LogP) is 0.641. The Morgan fingerprint density at radius 1 is 1.58 bits per heavy atom. The van der Waals surface area contributed by atoms with Gasteiger partial charge in [-0.15, -0.1) is 0 Å². The maximum atomic E-state index is 11.9. The van der Waals surface area contributed by atoms with Crippen LogP contribution < -0.4 is 10.5 Å². The number of hydrogen-bond acceptors (Lipinski definition) is 6. The highest BCUT2D eigenvalue weighted by Crippen LogP contribution is 2.22. The van der Waals surface area contributed by atoms with Gasteiger partial charge < -0.3 is 24.8 Å². The van der Waals surface area contributed by atoms with Crippen LogP contribution in [0.4, 0.5) is 10.5 Å². The first-order valence-corrected chi connectivity index (χ1v) is 5.98. The number of methoxy groups -OCH3 is 1. The molecule has 0 radical (unpaired) electrons. The van der Waals surface area contributed by atoms with E-state index in [0.29, 0.717) is 37.9 Å². The summed E-state index contributed by atoms with van der Waals surface area (Å²) in [6, 6.07) is 1.75. The third kappa shape index (κ3) is 3.47. The number of amides is 1. The molecule has 1 aliphatic rings. The maximum Gasteiger partial charge on any atom is 0.410 e. The number of ether oxygens (including phenoxy) is 3. The van der Waals surface area contributed by atoms with Crippen LogP contribution in [-0.2, 0) is 16.0 Å². The Morgan fingerprint density at radius 3 is 3.21 bits per heavy atom. The molecule has 19 heavy (non-hydrogen) atoms. The van der Waals surface area contributed by atoms with Gasteiger partial charge in [0.2, 0.25) is 5.88 Å². The first-order valence-electron chi connectivity index (χ1n) is 5.98. The van der Waals surface area contributed by atoms with E-state index in [1.54, 1.807) is 18.1 Å². The Bertz CT molecular complexity index is 453. The van der Waals surface area contributed by atoms with Gasteiger partial charge in [0.1, 0.15) is 13.2 Å². The van der Waals surface area contributed by atoms with Crippen molar-refractivity contribution in [3.63, 3.8) is 0 Å². The molecule has 0 aromatic carbocycles. The number of pyridine rings is 1. The molecule has 2 rings (SSSR count). The second kappa shape index (κ2) is 6.24. The van der Waals surface area contributed by atoms with Crippen molar-refractivity contribution in [3.05, 3.63) is 17.8 Å². The topological polar surface area (TPSA) is 86.9 Å². The first-order chi connectivity index (χ1) is 9.20. The lowest BCUT2D eigenvalue weighted by Gasteiger charge is -2.19. The molecule has 7 heteroatoms. The van der Waals surface area contributed by atoms with Crippen LogP contribution in [0.1, 0.15) is 5.56 Å². The maximum absolute atomic E-state index is 11.9. The molecule has 0 atom stereocenters. The Morgan fingerprint density at radius 2 is 2.42 bits per heavy atom. The predicted molar refractivity (Wildman–Crippen MR) is 67.8 cm³/mol. The van der Waals surface area contributed by atoms with Gasteiger partial charge in [-0.25, -0.2) is 9.78 Å². The smallest absolute Gasteiger partial charge is 0.410 e. The lowest BCUT2D eigenvalue weighted by Crippen LogP contribution is -2.33. The van der Waals surface area contributed by atoms with Gasteiger partial charge in [-0.05, 0) is 6.07 Å². The summed E-state index contributed by atoms with van der Waals surface area (Å²) in [5.41, 5.74) is 7.00. The van der Waals surface area contributed by atoms with E-state index in [1.165, 1.54) is 6.20 Å². The lowest BCUT2D eigenvalue weighted by molar-refractivity contribution is 0.0687. The third-order valence-electron chi connectivity index (χ3n) is 2.68. The molecule has 1 amide bonds. The van der Waals surface area contributed by atoms with E-state index in [9.17, 15) is 4.79 Å². The van der Waals surface area contributed by atoms with Crippen LogP contribution in [0.5, 0.6) is 5.88 Å². The average Bonchev–Trinajstić information content (AvgIpc) is 2.60. The molecular formula is C12H17N3O4. The zero-order chi connectivity index (χ0) is 13.7. The SMILES string of the molecule is COCCOC(=O)N1CCOc2ncc(N)cc2C1. The number of carbonyl (C=O) groups is 1. The van der Waals surface area contributed by atoms with Crippen molar-refractivity contribution in [3.8, 4) is 5.88 Å². The highest BCUT2D eigenvalue weighted by atomic mass is 16.6. The molecule has 0 aliphatic carbocycles. The van der Waals surface area contributed by atoms with E-state index in [4.69, 9.17) is 19.9 Å². The van der Waals surface area contributed by atoms with Crippen molar-refractivity contribution in [2.24, 2.45) is 0 Å². The second-order valence-electron chi connectivity index (χ2n) is 4.11. The number of rotatable bonds is 3. The van der Waals surface area contributed by atoms with Gasteiger partial charge >= 0.3 is 6.09 Å². The minimum absolute atomic E-state index is 0.231. The van der Waals surface area contributed by atoms with Crippen LogP contribution in [0.3, 0.4) is 0 Å². The number of anilines is 1. The largest absolute Gasteiger partial charge is 0.476 e. The minimum Gasteiger partial charge on any atom is -0.476 e. The number of nitrogen functional groups attached to an aromatic ring is 1. The molecule has 0 bridgehead atoms. The third-order valence-corrected chi connectivity index (χ3v) is 2.68. The lowest BCUT2D eigenvalue weighted by atomic mass is 10.2. The van der Waals surface area contributed by atoms with Gasteiger partial charge in [0, 0.05) is 12.7 Å². The van der Waals surface area contributed by atoms with Crippen LogP contribution in [0.2, 0.25) is 0 Å². The van der Waals surface area contributed by atoms with Crippen molar-refractivity contribution in [1.29, 1.82) is 0 Å². The molecule has 0 saturated carbocycles. The average molecular weight is 267 g/mol. The molecule has 1 aromatic heterocycles. The quantitative estimate of drug-likeness (QED) is 0.809. The Kier molecular flexibility index (Phi) is 4.40. The molecule has 0 spiro atoms. The summed E-state index contributed by atoms with van der Waals surface area (Å²) in [7, 11) is 1.55. The van der Waals surface area contributed by atoms with Crippen molar-refractivity contribution in [2.45, 2.75) is 6.54 Å². The van der Waals surface area contributed by atoms with Gasteiger partial charge in [0.15, 0.2) is 0 Å². The molecule has 0 fully saturated rings. The highest BCUT2D eigenvalue weighted by Gasteiger charge is 2.21. The van der Waals surface area contributed by atoms with Crippen LogP contribution in [0.25, 0.3) is 0 Å². The van der Waals surface area contributed by atoms with Crippen molar-refractivity contribution < 1.29 is 19.0 Å². The summed E-state index contributed by atoms with van der Waals surface area (Å²) in [4.78, 5) is 17.5. The van der Waals surface area contributed by atoms with Gasteiger partial charge in [-0.2, -0.15) is 0 Å². The van der Waals surface area contributed by atoms with E-state index in [2.05, 4.69) is 4.98 Å². The molecule has 7 nitrogen and oxygen atoms in total. The van der Waals surface area contributed by atoms with Crippen LogP contribution in [0.15, 0.2) is 12.3 Å². The highest BCUT2D eigenvalue weighted by molar-refractivity contribution is 5.68. The van der Waals surface area contributed by atoms with E-state index in [1.807, 2.05) is 0 Å². The number of nitrogens with two attached hydrogens (primary N) is 1. The fourth-order valence-corrected chi connectivity index (χ4v) is 1.76. The molecule has 2 heterocycles. The summed E-state index contributed by atoms with van der Waals surface area (Å²) in [6.07, 6.45) is 1.14. The number of nitrogens with zero attached hydrogens (tertiary/aromatic N) is 2. The Hall–Kier alpha value is -2.02. The number of hydrogen-bond donors (Lipinski definition) is 1. The van der Waals surface area contributed by atoms with Crippen LogP contribution in [0, 0.1) is 0 Å². The van der Waals surface area contributed by atoms with Gasteiger partial charge in [0.05, 0.1) is 31.6 Å². The molecule has 0 saturated heterocycles. The Balaban J connectivity index is 2.02. The minimum atomic E-state index is -0.393. The van der Waals surface area contributed by atoms with E-state index in [0.717, 1.165) is 5.56 Å². The van der Waals surface area contributed by atoms with Gasteiger partial charge in [-0.1, -0.05) is 0 Å². The summed E-state index contributed by atoms with van der Waals surface area (Å²) in [5, 5.41) is 0. The van der Waals surface area contributed by atoms with E-state index in [-0.39, 0.29) is 6.61 Å². The Labute approximate surface area is 111 Å². The summed E-state index contributed by atoms with van der Waals surface area (Å²) in [5.74, 6) is 0.515. The number of aromatic nitrogens is 1.